The number of hydrogen-bond donors (Lipinski definition) is 1. The van der Waals surface area contributed by atoms with Gasteiger partial charge in [-0.15, -0.1) is 0 Å². The number of amides is 1. The third kappa shape index (κ3) is 3.22. The van der Waals surface area contributed by atoms with Crippen molar-refractivity contribution in [2.75, 3.05) is 19.6 Å². The molecule has 0 aliphatic carbocycles. The first-order chi connectivity index (χ1) is 9.70. The summed E-state index contributed by atoms with van der Waals surface area (Å²) in [6, 6.07) is 7.78. The molecule has 4 rings (SSSR count). The van der Waals surface area contributed by atoms with Gasteiger partial charge in [-0.1, -0.05) is 23.7 Å². The lowest BCUT2D eigenvalue weighted by Gasteiger charge is -2.44. The highest BCUT2D eigenvalue weighted by atomic mass is 35.5. The second-order valence-corrected chi connectivity index (χ2v) is 6.07. The topological polar surface area (TPSA) is 32.3 Å². The lowest BCUT2D eigenvalue weighted by molar-refractivity contribution is -0.118. The monoisotopic (exact) mass is 290 g/mol. The van der Waals surface area contributed by atoms with Gasteiger partial charge in [-0.05, 0) is 55.6 Å². The van der Waals surface area contributed by atoms with Crippen molar-refractivity contribution >= 4 is 23.6 Å². The predicted octanol–water partition coefficient (Wildman–Crippen LogP) is 2.56. The normalized spacial score (nSPS) is 28.8. The summed E-state index contributed by atoms with van der Waals surface area (Å²) >= 11 is 5.83. The molecule has 2 bridgehead atoms. The van der Waals surface area contributed by atoms with E-state index in [0.717, 1.165) is 12.1 Å². The Kier molecular flexibility index (Phi) is 4.08. The van der Waals surface area contributed by atoms with Crippen molar-refractivity contribution in [2.45, 2.75) is 18.9 Å². The Labute approximate surface area is 124 Å². The molecule has 0 spiro atoms. The molecule has 3 aliphatic rings. The molecular weight excluding hydrogens is 272 g/mol. The smallest absolute Gasteiger partial charge is 0.244 e. The van der Waals surface area contributed by atoms with Gasteiger partial charge in [0.15, 0.2) is 0 Å². The number of benzene rings is 1. The van der Waals surface area contributed by atoms with E-state index in [9.17, 15) is 4.79 Å². The molecule has 0 radical (unpaired) electrons. The zero-order chi connectivity index (χ0) is 13.9. The Morgan fingerprint density at radius 3 is 2.55 bits per heavy atom. The summed E-state index contributed by atoms with van der Waals surface area (Å²) in [5.74, 6) is 0.659. The van der Waals surface area contributed by atoms with Crippen molar-refractivity contribution in [2.24, 2.45) is 5.92 Å². The number of halogens is 1. The fourth-order valence-electron chi connectivity index (χ4n) is 3.11. The summed E-state index contributed by atoms with van der Waals surface area (Å²) in [6.45, 7) is 3.39. The highest BCUT2D eigenvalue weighted by Gasteiger charge is 2.34. The van der Waals surface area contributed by atoms with Gasteiger partial charge in [0.05, 0.1) is 0 Å². The first kappa shape index (κ1) is 13.7. The van der Waals surface area contributed by atoms with Gasteiger partial charge in [-0.3, -0.25) is 4.79 Å². The first-order valence-corrected chi connectivity index (χ1v) is 7.55. The second kappa shape index (κ2) is 5.98. The Balaban J connectivity index is 1.55. The van der Waals surface area contributed by atoms with Crippen LogP contribution in [0.3, 0.4) is 0 Å². The zero-order valence-corrected chi connectivity index (χ0v) is 12.1. The number of nitrogens with zero attached hydrogens (tertiary/aromatic N) is 1. The van der Waals surface area contributed by atoms with E-state index in [1.165, 1.54) is 25.9 Å². The van der Waals surface area contributed by atoms with Crippen molar-refractivity contribution in [3.8, 4) is 0 Å². The Bertz CT molecular complexity index is 504. The van der Waals surface area contributed by atoms with Crippen LogP contribution < -0.4 is 5.32 Å². The minimum atomic E-state index is -0.00120. The van der Waals surface area contributed by atoms with E-state index in [-0.39, 0.29) is 5.91 Å². The molecule has 1 atom stereocenters. The van der Waals surface area contributed by atoms with Crippen molar-refractivity contribution in [1.82, 2.24) is 10.2 Å². The maximum absolute atomic E-state index is 12.0. The average molecular weight is 291 g/mol. The fraction of sp³-hybridized carbons (Fsp3) is 0.438. The van der Waals surface area contributed by atoms with Crippen LogP contribution in [-0.4, -0.2) is 36.5 Å². The average Bonchev–Trinajstić information content (AvgIpc) is 2.48. The van der Waals surface area contributed by atoms with E-state index in [1.807, 2.05) is 30.3 Å². The highest BCUT2D eigenvalue weighted by Crippen LogP contribution is 2.27. The molecule has 1 aromatic rings. The molecule has 3 aliphatic heterocycles. The van der Waals surface area contributed by atoms with Crippen LogP contribution in [0.4, 0.5) is 0 Å². The van der Waals surface area contributed by atoms with E-state index < -0.39 is 0 Å². The highest BCUT2D eigenvalue weighted by molar-refractivity contribution is 6.30. The molecular formula is C16H19ClN2O. The van der Waals surface area contributed by atoms with Gasteiger partial charge in [0, 0.05) is 23.7 Å². The van der Waals surface area contributed by atoms with Crippen LogP contribution in [-0.2, 0) is 4.79 Å². The molecule has 1 N–H and O–H groups in total. The van der Waals surface area contributed by atoms with Gasteiger partial charge >= 0.3 is 0 Å². The molecule has 3 saturated heterocycles. The number of carbonyl (C=O) groups is 1. The fourth-order valence-corrected chi connectivity index (χ4v) is 3.23. The number of rotatable bonds is 3. The summed E-state index contributed by atoms with van der Waals surface area (Å²) in [4.78, 5) is 14.4. The molecule has 3 nitrogen and oxygen atoms in total. The van der Waals surface area contributed by atoms with E-state index in [1.54, 1.807) is 6.08 Å². The lowest BCUT2D eigenvalue weighted by atomic mass is 9.84. The van der Waals surface area contributed by atoms with Crippen LogP contribution in [0, 0.1) is 5.92 Å². The Morgan fingerprint density at radius 2 is 1.95 bits per heavy atom. The summed E-state index contributed by atoms with van der Waals surface area (Å²) < 4.78 is 0. The second-order valence-electron chi connectivity index (χ2n) is 5.64. The Hall–Kier alpha value is -1.32. The van der Waals surface area contributed by atoms with E-state index in [2.05, 4.69) is 10.2 Å². The van der Waals surface area contributed by atoms with Crippen molar-refractivity contribution in [3.63, 3.8) is 0 Å². The van der Waals surface area contributed by atoms with Crippen molar-refractivity contribution < 1.29 is 4.79 Å². The molecule has 0 saturated carbocycles. The van der Waals surface area contributed by atoms with Gasteiger partial charge in [0.1, 0.15) is 0 Å². The molecule has 3 fully saturated rings. The SMILES string of the molecule is O=C(C=Cc1ccc(Cl)cc1)NC1CN2CCC1CC2. The van der Waals surface area contributed by atoms with Gasteiger partial charge in [-0.25, -0.2) is 0 Å². The van der Waals surface area contributed by atoms with Crippen LogP contribution in [0.15, 0.2) is 30.3 Å². The number of carbonyl (C=O) groups excluding carboxylic acids is 1. The standard InChI is InChI=1S/C16H19ClN2O/c17-14-4-1-12(2-5-14)3-6-16(20)18-15-11-19-9-7-13(15)8-10-19/h1-6,13,15H,7-11H2,(H,18,20). The van der Waals surface area contributed by atoms with Crippen LogP contribution >= 0.6 is 11.6 Å². The summed E-state index contributed by atoms with van der Waals surface area (Å²) in [7, 11) is 0. The number of piperidine rings is 3. The third-order valence-electron chi connectivity index (χ3n) is 4.28. The molecule has 20 heavy (non-hydrogen) atoms. The van der Waals surface area contributed by atoms with Crippen molar-refractivity contribution in [3.05, 3.63) is 40.9 Å². The number of nitrogens with one attached hydrogen (secondary N) is 1. The van der Waals surface area contributed by atoms with E-state index in [4.69, 9.17) is 11.6 Å². The van der Waals surface area contributed by atoms with Crippen molar-refractivity contribution in [1.29, 1.82) is 0 Å². The number of hydrogen-bond acceptors (Lipinski definition) is 2. The molecule has 4 heteroatoms. The Morgan fingerprint density at radius 1 is 1.25 bits per heavy atom. The minimum absolute atomic E-state index is 0.00120. The summed E-state index contributed by atoms with van der Waals surface area (Å²) in [5, 5.41) is 3.85. The predicted molar refractivity (Wildman–Crippen MR) is 81.6 cm³/mol. The molecule has 1 aromatic carbocycles. The molecule has 0 aromatic heterocycles. The van der Waals surface area contributed by atoms with Crippen LogP contribution in [0.5, 0.6) is 0 Å². The van der Waals surface area contributed by atoms with Gasteiger partial charge in [0.2, 0.25) is 5.91 Å². The molecule has 1 unspecified atom stereocenters. The first-order valence-electron chi connectivity index (χ1n) is 7.17. The van der Waals surface area contributed by atoms with E-state index in [0.29, 0.717) is 17.0 Å². The van der Waals surface area contributed by atoms with E-state index >= 15 is 0 Å². The molecule has 106 valence electrons. The zero-order valence-electron chi connectivity index (χ0n) is 11.4. The van der Waals surface area contributed by atoms with Gasteiger partial charge in [0.25, 0.3) is 0 Å². The maximum atomic E-state index is 12.0. The summed E-state index contributed by atoms with van der Waals surface area (Å²) in [6.07, 6.45) is 5.87. The van der Waals surface area contributed by atoms with Gasteiger partial charge in [-0.2, -0.15) is 0 Å². The lowest BCUT2D eigenvalue weighted by Crippen LogP contribution is -2.57. The van der Waals surface area contributed by atoms with Crippen LogP contribution in [0.1, 0.15) is 18.4 Å². The summed E-state index contributed by atoms with van der Waals surface area (Å²) in [5.41, 5.74) is 0.985. The largest absolute Gasteiger partial charge is 0.348 e. The third-order valence-corrected chi connectivity index (χ3v) is 4.53. The van der Waals surface area contributed by atoms with Gasteiger partial charge < -0.3 is 10.2 Å². The molecule has 1 amide bonds. The van der Waals surface area contributed by atoms with Crippen LogP contribution in [0.2, 0.25) is 5.02 Å². The van der Waals surface area contributed by atoms with Crippen LogP contribution in [0.25, 0.3) is 6.08 Å². The molecule has 3 heterocycles. The maximum Gasteiger partial charge on any atom is 0.244 e. The quantitative estimate of drug-likeness (QED) is 0.868. The number of fused-ring (bicyclic) bond motifs is 3. The minimum Gasteiger partial charge on any atom is -0.348 e.